The fourth-order valence-corrected chi connectivity index (χ4v) is 5.06. The standard InChI is InChI=1S/C30H24F2N4O4S/c1-38-10-9-36-27-13-21(30(37)39-2)7-8-26(27)34-28(36)14-20-6-5-19(12-25(20)32)23-17-41-35-29(23)40-16-22-4-3-18(15-33)11-24(22)31/h3-8,11-13,17H,9-10,14,16H2,1-2H3. The Morgan fingerprint density at radius 2 is 1.85 bits per heavy atom. The highest BCUT2D eigenvalue weighted by atomic mass is 32.1. The second-order valence-corrected chi connectivity index (χ2v) is 9.72. The van der Waals surface area contributed by atoms with Crippen LogP contribution >= 0.6 is 11.5 Å². The summed E-state index contributed by atoms with van der Waals surface area (Å²) >= 11 is 1.14. The van der Waals surface area contributed by atoms with Crippen molar-refractivity contribution in [2.45, 2.75) is 19.6 Å². The van der Waals surface area contributed by atoms with Crippen LogP contribution in [0.15, 0.2) is 60.0 Å². The van der Waals surface area contributed by atoms with E-state index in [1.165, 1.54) is 25.3 Å². The highest BCUT2D eigenvalue weighted by molar-refractivity contribution is 7.04. The van der Waals surface area contributed by atoms with Crippen LogP contribution in [0.4, 0.5) is 8.78 Å². The monoisotopic (exact) mass is 574 g/mol. The third-order valence-electron chi connectivity index (χ3n) is 6.56. The summed E-state index contributed by atoms with van der Waals surface area (Å²) in [6, 6.07) is 16.0. The van der Waals surface area contributed by atoms with Crippen molar-refractivity contribution in [2.75, 3.05) is 20.8 Å². The average molecular weight is 575 g/mol. The topological polar surface area (TPSA) is 99.3 Å². The molecule has 0 N–H and O–H groups in total. The zero-order valence-electron chi connectivity index (χ0n) is 22.2. The van der Waals surface area contributed by atoms with E-state index in [4.69, 9.17) is 24.5 Å². The summed E-state index contributed by atoms with van der Waals surface area (Å²) < 4.78 is 51.7. The second-order valence-electron chi connectivity index (χ2n) is 9.09. The Hall–Kier alpha value is -4.66. The van der Waals surface area contributed by atoms with Gasteiger partial charge in [0.2, 0.25) is 5.88 Å². The molecule has 2 aromatic heterocycles. The van der Waals surface area contributed by atoms with Gasteiger partial charge in [0.05, 0.1) is 47.5 Å². The SMILES string of the molecule is COCCn1c(Cc2ccc(-c3csnc3OCc3ccc(C#N)cc3F)cc2F)nc2ccc(C(=O)OC)cc21. The molecule has 3 aromatic carbocycles. The van der Waals surface area contributed by atoms with E-state index in [0.29, 0.717) is 46.7 Å². The molecular weight excluding hydrogens is 550 g/mol. The number of imidazole rings is 1. The number of carbonyl (C=O) groups is 1. The van der Waals surface area contributed by atoms with Crippen molar-refractivity contribution in [3.05, 3.63) is 99.7 Å². The molecule has 0 fully saturated rings. The van der Waals surface area contributed by atoms with E-state index in [9.17, 15) is 9.18 Å². The van der Waals surface area contributed by atoms with E-state index in [-0.39, 0.29) is 30.0 Å². The molecule has 5 aromatic rings. The highest BCUT2D eigenvalue weighted by Gasteiger charge is 2.18. The lowest BCUT2D eigenvalue weighted by Crippen LogP contribution is -2.10. The first-order chi connectivity index (χ1) is 19.9. The molecule has 0 unspecified atom stereocenters. The average Bonchev–Trinajstić information content (AvgIpc) is 3.59. The largest absolute Gasteiger partial charge is 0.472 e. The molecular formula is C30H24F2N4O4S. The summed E-state index contributed by atoms with van der Waals surface area (Å²) in [5.74, 6) is -0.555. The molecule has 0 spiro atoms. The smallest absolute Gasteiger partial charge is 0.337 e. The van der Waals surface area contributed by atoms with Crippen molar-refractivity contribution in [3.8, 4) is 23.1 Å². The van der Waals surface area contributed by atoms with Crippen LogP contribution < -0.4 is 4.74 Å². The van der Waals surface area contributed by atoms with Gasteiger partial charge < -0.3 is 18.8 Å². The Balaban J connectivity index is 1.39. The van der Waals surface area contributed by atoms with Gasteiger partial charge in [-0.1, -0.05) is 18.2 Å². The summed E-state index contributed by atoms with van der Waals surface area (Å²) in [5, 5.41) is 10.7. The molecule has 2 heterocycles. The number of fused-ring (bicyclic) bond motifs is 1. The van der Waals surface area contributed by atoms with E-state index in [2.05, 4.69) is 4.37 Å². The van der Waals surface area contributed by atoms with Crippen LogP contribution in [0, 0.1) is 23.0 Å². The van der Waals surface area contributed by atoms with Crippen molar-refractivity contribution in [2.24, 2.45) is 0 Å². The Kier molecular flexibility index (Phi) is 8.33. The van der Waals surface area contributed by atoms with Crippen molar-refractivity contribution in [3.63, 3.8) is 0 Å². The first-order valence-electron chi connectivity index (χ1n) is 12.5. The first-order valence-corrected chi connectivity index (χ1v) is 13.4. The van der Waals surface area contributed by atoms with Crippen LogP contribution in [0.5, 0.6) is 5.88 Å². The normalized spacial score (nSPS) is 11.0. The van der Waals surface area contributed by atoms with E-state index >= 15 is 4.39 Å². The number of hydrogen-bond acceptors (Lipinski definition) is 8. The zero-order valence-corrected chi connectivity index (χ0v) is 23.0. The number of methoxy groups -OCH3 is 2. The molecule has 0 aliphatic carbocycles. The van der Waals surface area contributed by atoms with E-state index in [1.54, 1.807) is 42.8 Å². The molecule has 0 aliphatic heterocycles. The van der Waals surface area contributed by atoms with Crippen LogP contribution in [0.2, 0.25) is 0 Å². The van der Waals surface area contributed by atoms with Gasteiger partial charge in [-0.25, -0.2) is 18.6 Å². The lowest BCUT2D eigenvalue weighted by Gasteiger charge is -2.11. The molecule has 41 heavy (non-hydrogen) atoms. The Labute approximate surface area is 238 Å². The highest BCUT2D eigenvalue weighted by Crippen LogP contribution is 2.33. The van der Waals surface area contributed by atoms with Crippen LogP contribution in [-0.4, -0.2) is 40.7 Å². The van der Waals surface area contributed by atoms with Crippen molar-refractivity contribution in [1.82, 2.24) is 13.9 Å². The number of esters is 1. The fourth-order valence-electron chi connectivity index (χ4n) is 4.42. The molecule has 0 bridgehead atoms. The van der Waals surface area contributed by atoms with Gasteiger partial charge in [0.25, 0.3) is 0 Å². The number of carbonyl (C=O) groups excluding carboxylic acids is 1. The van der Waals surface area contributed by atoms with Crippen LogP contribution in [0.25, 0.3) is 22.2 Å². The van der Waals surface area contributed by atoms with Gasteiger partial charge in [-0.05, 0) is 59.1 Å². The molecule has 5 rings (SSSR count). The molecule has 8 nitrogen and oxygen atoms in total. The zero-order chi connectivity index (χ0) is 28.9. The Bertz CT molecular complexity index is 1780. The van der Waals surface area contributed by atoms with Gasteiger partial charge in [0, 0.05) is 31.0 Å². The maximum Gasteiger partial charge on any atom is 0.337 e. The number of nitriles is 1. The minimum absolute atomic E-state index is 0.0930. The van der Waals surface area contributed by atoms with Gasteiger partial charge in [-0.3, -0.25) is 0 Å². The molecule has 208 valence electrons. The molecule has 11 heteroatoms. The van der Waals surface area contributed by atoms with Gasteiger partial charge in [-0.2, -0.15) is 9.64 Å². The Morgan fingerprint density at radius 3 is 2.59 bits per heavy atom. The third-order valence-corrected chi connectivity index (χ3v) is 7.18. The molecule has 0 amide bonds. The molecule has 0 saturated heterocycles. The summed E-state index contributed by atoms with van der Waals surface area (Å²) in [6.07, 6.45) is 0.210. The maximum absolute atomic E-state index is 15.4. The van der Waals surface area contributed by atoms with Gasteiger partial charge in [0.15, 0.2) is 0 Å². The summed E-state index contributed by atoms with van der Waals surface area (Å²) in [4.78, 5) is 16.8. The van der Waals surface area contributed by atoms with E-state index in [0.717, 1.165) is 23.1 Å². The first kappa shape index (κ1) is 27.9. The molecule has 0 saturated carbocycles. The van der Waals surface area contributed by atoms with E-state index in [1.807, 2.05) is 10.6 Å². The van der Waals surface area contributed by atoms with Crippen molar-refractivity contribution < 1.29 is 27.8 Å². The number of nitrogens with zero attached hydrogens (tertiary/aromatic N) is 4. The summed E-state index contributed by atoms with van der Waals surface area (Å²) in [7, 11) is 2.91. The predicted molar refractivity (Wildman–Crippen MR) is 149 cm³/mol. The lowest BCUT2D eigenvalue weighted by molar-refractivity contribution is 0.0601. The number of benzene rings is 3. The van der Waals surface area contributed by atoms with Gasteiger partial charge in [0.1, 0.15) is 24.1 Å². The number of ether oxygens (including phenoxy) is 3. The minimum atomic E-state index is -0.547. The minimum Gasteiger partial charge on any atom is -0.472 e. The quantitative estimate of drug-likeness (QED) is 0.191. The molecule has 0 atom stereocenters. The molecule has 0 aliphatic rings. The van der Waals surface area contributed by atoms with Crippen molar-refractivity contribution in [1.29, 1.82) is 5.26 Å². The second kappa shape index (κ2) is 12.2. The number of aromatic nitrogens is 3. The predicted octanol–water partition coefficient (Wildman–Crippen LogP) is 5.91. The van der Waals surface area contributed by atoms with Crippen LogP contribution in [-0.2, 0) is 29.0 Å². The van der Waals surface area contributed by atoms with E-state index < -0.39 is 17.6 Å². The molecule has 0 radical (unpaired) electrons. The maximum atomic E-state index is 15.4. The van der Waals surface area contributed by atoms with Crippen molar-refractivity contribution >= 4 is 28.5 Å². The summed E-state index contributed by atoms with van der Waals surface area (Å²) in [6.45, 7) is 0.778. The van der Waals surface area contributed by atoms with Crippen LogP contribution in [0.3, 0.4) is 0 Å². The lowest BCUT2D eigenvalue weighted by atomic mass is 10.0. The Morgan fingerprint density at radius 1 is 1.05 bits per heavy atom. The third kappa shape index (κ3) is 5.94. The van der Waals surface area contributed by atoms with Gasteiger partial charge in [-0.15, -0.1) is 0 Å². The van der Waals surface area contributed by atoms with Gasteiger partial charge >= 0.3 is 5.97 Å². The number of rotatable bonds is 10. The number of hydrogen-bond donors (Lipinski definition) is 0. The summed E-state index contributed by atoms with van der Waals surface area (Å²) in [5.41, 5.74) is 3.86. The van der Waals surface area contributed by atoms with Crippen LogP contribution in [0.1, 0.15) is 32.9 Å². The fraction of sp³-hybridized carbons (Fsp3) is 0.200. The number of halogens is 2.